The van der Waals surface area contributed by atoms with Crippen LogP contribution in [0.2, 0.25) is 0 Å². The Hall–Kier alpha value is -2.83. The molecular weight excluding hydrogens is 332 g/mol. The number of carbonyl (C=O) groups excluding carboxylic acids is 1. The molecule has 0 bridgehead atoms. The van der Waals surface area contributed by atoms with E-state index in [1.165, 1.54) is 14.2 Å². The van der Waals surface area contributed by atoms with E-state index in [0.29, 0.717) is 28.7 Å². The van der Waals surface area contributed by atoms with Gasteiger partial charge in [0.05, 0.1) is 37.9 Å². The van der Waals surface area contributed by atoms with Crippen molar-refractivity contribution >= 4 is 17.5 Å². The fourth-order valence-corrected chi connectivity index (χ4v) is 3.02. The molecule has 1 amide bonds. The van der Waals surface area contributed by atoms with Crippen molar-refractivity contribution in [3.63, 3.8) is 0 Å². The second-order valence-electron chi connectivity index (χ2n) is 6.44. The minimum atomic E-state index is -0.302. The lowest BCUT2D eigenvalue weighted by atomic mass is 10.00. The molecule has 1 aliphatic rings. The molecule has 1 fully saturated rings. The Kier molecular flexibility index (Phi) is 5.55. The molecule has 0 unspecified atom stereocenters. The van der Waals surface area contributed by atoms with Gasteiger partial charge in [-0.3, -0.25) is 4.79 Å². The van der Waals surface area contributed by atoms with E-state index in [1.54, 1.807) is 30.6 Å². The topological polar surface area (TPSA) is 76.6 Å². The van der Waals surface area contributed by atoms with Gasteiger partial charge in [0, 0.05) is 13.1 Å². The van der Waals surface area contributed by atoms with Crippen molar-refractivity contribution in [3.05, 3.63) is 36.2 Å². The number of hydrogen-bond donors (Lipinski definition) is 1. The normalized spacial score (nSPS) is 14.8. The Labute approximate surface area is 153 Å². The van der Waals surface area contributed by atoms with E-state index >= 15 is 0 Å². The van der Waals surface area contributed by atoms with Crippen LogP contribution in [0.4, 0.5) is 11.6 Å². The highest BCUT2D eigenvalue weighted by Gasteiger charge is 2.19. The highest BCUT2D eigenvalue weighted by Crippen LogP contribution is 2.31. The Balaban J connectivity index is 1.70. The molecule has 0 atom stereocenters. The molecule has 2 aromatic rings. The Morgan fingerprint density at radius 1 is 1.15 bits per heavy atom. The fourth-order valence-electron chi connectivity index (χ4n) is 3.02. The average Bonchev–Trinajstić information content (AvgIpc) is 2.68. The van der Waals surface area contributed by atoms with Crippen LogP contribution in [0.5, 0.6) is 11.5 Å². The quantitative estimate of drug-likeness (QED) is 0.887. The fraction of sp³-hybridized carbons (Fsp3) is 0.421. The van der Waals surface area contributed by atoms with Gasteiger partial charge in [0.2, 0.25) is 5.95 Å². The molecule has 0 saturated carbocycles. The summed E-state index contributed by atoms with van der Waals surface area (Å²) in [4.78, 5) is 23.5. The van der Waals surface area contributed by atoms with Crippen LogP contribution in [0.3, 0.4) is 0 Å². The summed E-state index contributed by atoms with van der Waals surface area (Å²) in [6.45, 7) is 4.20. The molecule has 0 radical (unpaired) electrons. The van der Waals surface area contributed by atoms with Gasteiger partial charge in [0.25, 0.3) is 5.91 Å². The van der Waals surface area contributed by atoms with Crippen LogP contribution in [-0.4, -0.2) is 43.2 Å². The molecule has 0 aliphatic carbocycles. The smallest absolute Gasteiger partial charge is 0.259 e. The summed E-state index contributed by atoms with van der Waals surface area (Å²) in [6.07, 6.45) is 5.56. The van der Waals surface area contributed by atoms with E-state index in [4.69, 9.17) is 9.47 Å². The number of ether oxygens (including phenoxy) is 2. The van der Waals surface area contributed by atoms with Gasteiger partial charge in [-0.1, -0.05) is 13.0 Å². The third-order valence-electron chi connectivity index (χ3n) is 4.61. The molecule has 0 spiro atoms. The van der Waals surface area contributed by atoms with Crippen LogP contribution < -0.4 is 19.7 Å². The lowest BCUT2D eigenvalue weighted by Gasteiger charge is -2.30. The first-order chi connectivity index (χ1) is 12.6. The predicted octanol–water partition coefficient (Wildman–Crippen LogP) is 2.98. The predicted molar refractivity (Wildman–Crippen MR) is 100 cm³/mol. The van der Waals surface area contributed by atoms with Crippen molar-refractivity contribution in [2.45, 2.75) is 19.8 Å². The van der Waals surface area contributed by atoms with Crippen molar-refractivity contribution in [3.8, 4) is 11.5 Å². The standard InChI is InChI=1S/C19H24N4O3/c1-13-7-9-23(10-8-13)19-20-11-14(12-21-19)22-18(24)15-5-4-6-16(25-2)17(15)26-3/h4-6,11-13H,7-10H2,1-3H3,(H,22,24). The summed E-state index contributed by atoms with van der Waals surface area (Å²) in [6, 6.07) is 5.17. The number of nitrogens with zero attached hydrogens (tertiary/aromatic N) is 3. The number of carbonyl (C=O) groups is 1. The number of rotatable bonds is 5. The Bertz CT molecular complexity index is 756. The summed E-state index contributed by atoms with van der Waals surface area (Å²) < 4.78 is 10.5. The third kappa shape index (κ3) is 3.87. The van der Waals surface area contributed by atoms with Gasteiger partial charge in [-0.15, -0.1) is 0 Å². The van der Waals surface area contributed by atoms with E-state index < -0.39 is 0 Å². The van der Waals surface area contributed by atoms with Crippen LogP contribution in [0, 0.1) is 5.92 Å². The SMILES string of the molecule is COc1cccc(C(=O)Nc2cnc(N3CCC(C)CC3)nc2)c1OC. The van der Waals surface area contributed by atoms with E-state index in [-0.39, 0.29) is 5.91 Å². The zero-order valence-corrected chi connectivity index (χ0v) is 15.4. The molecule has 1 aromatic heterocycles. The summed E-state index contributed by atoms with van der Waals surface area (Å²) in [5, 5.41) is 2.80. The van der Waals surface area contributed by atoms with Crippen molar-refractivity contribution in [1.29, 1.82) is 0 Å². The van der Waals surface area contributed by atoms with Crippen molar-refractivity contribution in [1.82, 2.24) is 9.97 Å². The summed E-state index contributed by atoms with van der Waals surface area (Å²) in [5.41, 5.74) is 0.926. The molecule has 1 aromatic carbocycles. The van der Waals surface area contributed by atoms with Crippen LogP contribution in [0.25, 0.3) is 0 Å². The molecule has 1 saturated heterocycles. The Morgan fingerprint density at radius 3 is 2.46 bits per heavy atom. The van der Waals surface area contributed by atoms with Gasteiger partial charge in [-0.25, -0.2) is 9.97 Å². The number of benzene rings is 1. The molecule has 7 nitrogen and oxygen atoms in total. The first kappa shape index (κ1) is 18.0. The Morgan fingerprint density at radius 2 is 1.85 bits per heavy atom. The minimum absolute atomic E-state index is 0.302. The van der Waals surface area contributed by atoms with Crippen molar-refractivity contribution in [2.75, 3.05) is 37.5 Å². The van der Waals surface area contributed by atoms with Gasteiger partial charge in [-0.05, 0) is 30.9 Å². The van der Waals surface area contributed by atoms with Crippen molar-refractivity contribution < 1.29 is 14.3 Å². The molecule has 1 N–H and O–H groups in total. The molecular formula is C19H24N4O3. The summed E-state index contributed by atoms with van der Waals surface area (Å²) in [5.74, 6) is 2.05. The number of piperidine rings is 1. The van der Waals surface area contributed by atoms with Crippen molar-refractivity contribution in [2.24, 2.45) is 5.92 Å². The van der Waals surface area contributed by atoms with Crippen LogP contribution in [-0.2, 0) is 0 Å². The first-order valence-corrected chi connectivity index (χ1v) is 8.71. The number of hydrogen-bond acceptors (Lipinski definition) is 6. The second kappa shape index (κ2) is 8.03. The van der Waals surface area contributed by atoms with E-state index in [1.807, 2.05) is 0 Å². The number of aromatic nitrogens is 2. The average molecular weight is 356 g/mol. The summed E-state index contributed by atoms with van der Waals surface area (Å²) >= 11 is 0. The summed E-state index contributed by atoms with van der Waals surface area (Å²) in [7, 11) is 3.04. The number of methoxy groups -OCH3 is 2. The molecule has 2 heterocycles. The van der Waals surface area contributed by atoms with Gasteiger partial charge < -0.3 is 19.7 Å². The largest absolute Gasteiger partial charge is 0.493 e. The molecule has 1 aliphatic heterocycles. The van der Waals surface area contributed by atoms with Crippen LogP contribution >= 0.6 is 0 Å². The van der Waals surface area contributed by atoms with E-state index in [9.17, 15) is 4.79 Å². The number of nitrogens with one attached hydrogen (secondary N) is 1. The molecule has 26 heavy (non-hydrogen) atoms. The maximum atomic E-state index is 12.6. The van der Waals surface area contributed by atoms with E-state index in [0.717, 1.165) is 31.8 Å². The third-order valence-corrected chi connectivity index (χ3v) is 4.61. The zero-order chi connectivity index (χ0) is 18.5. The highest BCUT2D eigenvalue weighted by atomic mass is 16.5. The monoisotopic (exact) mass is 356 g/mol. The lowest BCUT2D eigenvalue weighted by molar-refractivity contribution is 0.102. The number of anilines is 2. The number of amides is 1. The van der Waals surface area contributed by atoms with Gasteiger partial charge in [0.1, 0.15) is 0 Å². The van der Waals surface area contributed by atoms with Crippen LogP contribution in [0.1, 0.15) is 30.1 Å². The molecule has 3 rings (SSSR count). The zero-order valence-electron chi connectivity index (χ0n) is 15.4. The van der Waals surface area contributed by atoms with Crippen LogP contribution in [0.15, 0.2) is 30.6 Å². The highest BCUT2D eigenvalue weighted by molar-refractivity contribution is 6.06. The van der Waals surface area contributed by atoms with Gasteiger partial charge in [-0.2, -0.15) is 0 Å². The maximum Gasteiger partial charge on any atom is 0.259 e. The lowest BCUT2D eigenvalue weighted by Crippen LogP contribution is -2.34. The molecule has 7 heteroatoms. The van der Waals surface area contributed by atoms with E-state index in [2.05, 4.69) is 27.1 Å². The minimum Gasteiger partial charge on any atom is -0.493 e. The van der Waals surface area contributed by atoms with Gasteiger partial charge >= 0.3 is 0 Å². The first-order valence-electron chi connectivity index (χ1n) is 8.71. The second-order valence-corrected chi connectivity index (χ2v) is 6.44. The number of para-hydroxylation sites is 1. The maximum absolute atomic E-state index is 12.6. The molecule has 138 valence electrons. The van der Waals surface area contributed by atoms with Gasteiger partial charge in [0.15, 0.2) is 11.5 Å².